The van der Waals surface area contributed by atoms with Gasteiger partial charge in [0.1, 0.15) is 18.7 Å². The van der Waals surface area contributed by atoms with Crippen molar-refractivity contribution in [2.75, 3.05) is 11.9 Å². The molecule has 0 bridgehead atoms. The molecular weight excluding hydrogens is 249 g/mol. The lowest BCUT2D eigenvalue weighted by molar-refractivity contribution is 0.102. The van der Waals surface area contributed by atoms with Gasteiger partial charge in [0.25, 0.3) is 5.91 Å². The summed E-state index contributed by atoms with van der Waals surface area (Å²) in [6.45, 7) is -0.335. The molecule has 0 radical (unpaired) electrons. The van der Waals surface area contributed by atoms with Crippen LogP contribution < -0.4 is 5.32 Å². The molecule has 19 heavy (non-hydrogen) atoms. The van der Waals surface area contributed by atoms with Crippen LogP contribution in [0.4, 0.5) is 10.1 Å². The molecule has 0 unspecified atom stereocenters. The normalized spacial score (nSPS) is 9.58. The third-order valence-corrected chi connectivity index (χ3v) is 2.31. The van der Waals surface area contributed by atoms with Crippen LogP contribution in [0.5, 0.6) is 0 Å². The molecule has 0 saturated carbocycles. The number of hydrogen-bond donors (Lipinski definition) is 2. The third-order valence-electron chi connectivity index (χ3n) is 2.31. The number of carbonyl (C=O) groups excluding carboxylic acids is 1. The molecule has 0 saturated heterocycles. The van der Waals surface area contributed by atoms with E-state index in [4.69, 9.17) is 9.52 Å². The topological polar surface area (TPSA) is 62.5 Å². The van der Waals surface area contributed by atoms with Crippen LogP contribution in [0.2, 0.25) is 0 Å². The van der Waals surface area contributed by atoms with Crippen LogP contribution in [-0.2, 0) is 0 Å². The van der Waals surface area contributed by atoms with Gasteiger partial charge in [0, 0.05) is 5.69 Å². The van der Waals surface area contributed by atoms with Crippen LogP contribution in [0, 0.1) is 17.7 Å². The van der Waals surface area contributed by atoms with Gasteiger partial charge in [-0.25, -0.2) is 4.39 Å². The van der Waals surface area contributed by atoms with Gasteiger partial charge >= 0.3 is 0 Å². The van der Waals surface area contributed by atoms with E-state index >= 15 is 0 Å². The van der Waals surface area contributed by atoms with Crippen molar-refractivity contribution in [2.24, 2.45) is 0 Å². The van der Waals surface area contributed by atoms with Crippen molar-refractivity contribution >= 4 is 11.6 Å². The summed E-state index contributed by atoms with van der Waals surface area (Å²) in [6.07, 6.45) is 2.68. The van der Waals surface area contributed by atoms with Crippen LogP contribution in [0.15, 0.2) is 41.2 Å². The molecule has 2 aromatic rings. The highest BCUT2D eigenvalue weighted by Gasteiger charge is 2.08. The Bertz CT molecular complexity index is 638. The van der Waals surface area contributed by atoms with Gasteiger partial charge in [-0.3, -0.25) is 4.79 Å². The molecule has 0 fully saturated rings. The fourth-order valence-corrected chi connectivity index (χ4v) is 1.43. The first kappa shape index (κ1) is 12.9. The highest BCUT2D eigenvalue weighted by atomic mass is 19.1. The van der Waals surface area contributed by atoms with Crippen molar-refractivity contribution in [3.8, 4) is 11.8 Å². The minimum absolute atomic E-state index is 0.162. The standard InChI is InChI=1S/C14H10FNO3/c15-13-8-12(4-3-10(13)2-1-6-17)16-14(18)11-5-7-19-9-11/h3-5,7-9,17H,6H2,(H,16,18). The zero-order chi connectivity index (χ0) is 13.7. The summed E-state index contributed by atoms with van der Waals surface area (Å²) in [4.78, 5) is 11.7. The monoisotopic (exact) mass is 259 g/mol. The Morgan fingerprint density at radius 1 is 1.42 bits per heavy atom. The van der Waals surface area contributed by atoms with E-state index in [2.05, 4.69) is 17.2 Å². The fourth-order valence-electron chi connectivity index (χ4n) is 1.43. The van der Waals surface area contributed by atoms with Crippen LogP contribution in [0.25, 0.3) is 0 Å². The van der Waals surface area contributed by atoms with E-state index in [1.54, 1.807) is 0 Å². The summed E-state index contributed by atoms with van der Waals surface area (Å²) in [6, 6.07) is 5.64. The number of furan rings is 1. The first-order valence-corrected chi connectivity index (χ1v) is 5.43. The summed E-state index contributed by atoms with van der Waals surface area (Å²) in [5.41, 5.74) is 0.832. The summed E-state index contributed by atoms with van der Waals surface area (Å²) in [7, 11) is 0. The van der Waals surface area contributed by atoms with E-state index in [1.807, 2.05) is 0 Å². The van der Waals surface area contributed by atoms with Gasteiger partial charge in [0.2, 0.25) is 0 Å². The van der Waals surface area contributed by atoms with Crippen LogP contribution in [-0.4, -0.2) is 17.6 Å². The lowest BCUT2D eigenvalue weighted by Gasteiger charge is -2.04. The van der Waals surface area contributed by atoms with Gasteiger partial charge in [0.05, 0.1) is 17.4 Å². The number of halogens is 1. The van der Waals surface area contributed by atoms with E-state index in [0.717, 1.165) is 0 Å². The number of anilines is 1. The Hall–Kier alpha value is -2.58. The summed E-state index contributed by atoms with van der Waals surface area (Å²) >= 11 is 0. The van der Waals surface area contributed by atoms with Crippen molar-refractivity contribution in [3.63, 3.8) is 0 Å². The SMILES string of the molecule is O=C(Nc1ccc(C#CCO)c(F)c1)c1ccoc1. The Kier molecular flexibility index (Phi) is 3.96. The molecule has 0 aliphatic carbocycles. The van der Waals surface area contributed by atoms with Crippen molar-refractivity contribution < 1.29 is 18.7 Å². The molecule has 0 aliphatic heterocycles. The lowest BCUT2D eigenvalue weighted by Crippen LogP contribution is -2.11. The first-order chi connectivity index (χ1) is 9.20. The van der Waals surface area contributed by atoms with E-state index in [0.29, 0.717) is 11.3 Å². The second-order valence-corrected chi connectivity index (χ2v) is 3.62. The smallest absolute Gasteiger partial charge is 0.258 e. The summed E-state index contributed by atoms with van der Waals surface area (Å²) < 4.78 is 18.4. The van der Waals surface area contributed by atoms with E-state index < -0.39 is 5.82 Å². The van der Waals surface area contributed by atoms with Gasteiger partial charge in [-0.15, -0.1) is 0 Å². The maximum absolute atomic E-state index is 13.6. The molecule has 0 aliphatic rings. The average molecular weight is 259 g/mol. The number of aliphatic hydroxyl groups excluding tert-OH is 1. The van der Waals surface area contributed by atoms with Crippen molar-refractivity contribution in [1.82, 2.24) is 0 Å². The van der Waals surface area contributed by atoms with E-state index in [9.17, 15) is 9.18 Å². The quantitative estimate of drug-likeness (QED) is 0.811. The highest BCUT2D eigenvalue weighted by molar-refractivity contribution is 6.03. The molecule has 96 valence electrons. The van der Waals surface area contributed by atoms with Crippen LogP contribution >= 0.6 is 0 Å². The first-order valence-electron chi connectivity index (χ1n) is 5.43. The molecule has 1 heterocycles. The van der Waals surface area contributed by atoms with Crippen LogP contribution in [0.1, 0.15) is 15.9 Å². The van der Waals surface area contributed by atoms with Gasteiger partial charge in [-0.1, -0.05) is 11.8 Å². The minimum Gasteiger partial charge on any atom is -0.472 e. The molecule has 0 atom stereocenters. The number of nitrogens with one attached hydrogen (secondary N) is 1. The predicted octanol–water partition coefficient (Wildman–Crippen LogP) is 2.01. The molecule has 1 amide bonds. The van der Waals surface area contributed by atoms with Gasteiger partial charge < -0.3 is 14.8 Å². The third kappa shape index (κ3) is 3.21. The highest BCUT2D eigenvalue weighted by Crippen LogP contribution is 2.15. The maximum Gasteiger partial charge on any atom is 0.258 e. The molecule has 2 rings (SSSR count). The zero-order valence-electron chi connectivity index (χ0n) is 9.81. The van der Waals surface area contributed by atoms with Gasteiger partial charge in [-0.05, 0) is 24.3 Å². The molecule has 4 nitrogen and oxygen atoms in total. The second kappa shape index (κ2) is 5.85. The molecule has 1 aromatic carbocycles. The van der Waals surface area contributed by atoms with Crippen molar-refractivity contribution in [3.05, 3.63) is 53.7 Å². The Morgan fingerprint density at radius 2 is 2.26 bits per heavy atom. The largest absolute Gasteiger partial charge is 0.472 e. The molecule has 0 spiro atoms. The predicted molar refractivity (Wildman–Crippen MR) is 67.0 cm³/mol. The van der Waals surface area contributed by atoms with Crippen LogP contribution in [0.3, 0.4) is 0 Å². The van der Waals surface area contributed by atoms with Crippen molar-refractivity contribution in [2.45, 2.75) is 0 Å². The number of aliphatic hydroxyl groups is 1. The molecule has 1 aromatic heterocycles. The summed E-state index contributed by atoms with van der Waals surface area (Å²) in [5.74, 6) is 3.87. The number of amides is 1. The Balaban J connectivity index is 2.14. The molecule has 2 N–H and O–H groups in total. The number of carbonyl (C=O) groups is 1. The van der Waals surface area contributed by atoms with E-state index in [1.165, 1.54) is 36.8 Å². The molecular formula is C14H10FNO3. The van der Waals surface area contributed by atoms with Gasteiger partial charge in [-0.2, -0.15) is 0 Å². The maximum atomic E-state index is 13.6. The minimum atomic E-state index is -0.564. The average Bonchev–Trinajstić information content (AvgIpc) is 2.92. The van der Waals surface area contributed by atoms with Gasteiger partial charge in [0.15, 0.2) is 0 Å². The number of hydrogen-bond acceptors (Lipinski definition) is 3. The second-order valence-electron chi connectivity index (χ2n) is 3.62. The lowest BCUT2D eigenvalue weighted by atomic mass is 10.2. The van der Waals surface area contributed by atoms with E-state index in [-0.39, 0.29) is 18.1 Å². The fraction of sp³-hybridized carbons (Fsp3) is 0.0714. The number of benzene rings is 1. The molecule has 5 heteroatoms. The Morgan fingerprint density at radius 3 is 2.89 bits per heavy atom. The summed E-state index contributed by atoms with van der Waals surface area (Å²) in [5, 5.41) is 11.1. The number of rotatable bonds is 2. The Labute approximate surface area is 108 Å². The zero-order valence-corrected chi connectivity index (χ0v) is 9.81. The van der Waals surface area contributed by atoms with Crippen molar-refractivity contribution in [1.29, 1.82) is 0 Å².